The van der Waals surface area contributed by atoms with Gasteiger partial charge in [0.15, 0.2) is 0 Å². The van der Waals surface area contributed by atoms with Crippen molar-refractivity contribution >= 4 is 31.8 Å². The van der Waals surface area contributed by atoms with Crippen molar-refractivity contribution in [1.29, 1.82) is 0 Å². The maximum atomic E-state index is 12.0. The van der Waals surface area contributed by atoms with Gasteiger partial charge in [-0.25, -0.2) is 4.98 Å². The van der Waals surface area contributed by atoms with Gasteiger partial charge < -0.3 is 5.32 Å². The van der Waals surface area contributed by atoms with Crippen LogP contribution >= 0.6 is 15.9 Å². The Kier molecular flexibility index (Phi) is 3.97. The first-order valence-electron chi connectivity index (χ1n) is 5.18. The SMILES string of the molecule is O=S(=O)(Nc1ccc(Br)nc1)N1CCNCC1. The average Bonchev–Trinajstić information content (AvgIpc) is 2.33. The van der Waals surface area contributed by atoms with Gasteiger partial charge in [0.05, 0.1) is 11.9 Å². The van der Waals surface area contributed by atoms with E-state index in [1.54, 1.807) is 12.1 Å². The summed E-state index contributed by atoms with van der Waals surface area (Å²) in [5.74, 6) is 0. The fourth-order valence-corrected chi connectivity index (χ4v) is 2.98. The zero-order chi connectivity index (χ0) is 12.3. The molecule has 0 saturated carbocycles. The third kappa shape index (κ3) is 3.38. The largest absolute Gasteiger partial charge is 0.314 e. The van der Waals surface area contributed by atoms with Gasteiger partial charge in [0.25, 0.3) is 0 Å². The molecule has 1 aromatic rings. The van der Waals surface area contributed by atoms with Crippen LogP contribution in [0.25, 0.3) is 0 Å². The lowest BCUT2D eigenvalue weighted by atomic mass is 10.4. The van der Waals surface area contributed by atoms with Crippen LogP contribution in [-0.2, 0) is 10.2 Å². The van der Waals surface area contributed by atoms with Gasteiger partial charge in [-0.3, -0.25) is 4.72 Å². The number of halogens is 1. The second-order valence-corrected chi connectivity index (χ2v) is 6.11. The minimum atomic E-state index is -3.46. The quantitative estimate of drug-likeness (QED) is 0.791. The van der Waals surface area contributed by atoms with Crippen LogP contribution in [0, 0.1) is 0 Å². The Morgan fingerprint density at radius 1 is 1.35 bits per heavy atom. The lowest BCUT2D eigenvalue weighted by Gasteiger charge is -2.26. The molecular weight excluding hydrogens is 308 g/mol. The van der Waals surface area contributed by atoms with Gasteiger partial charge in [0, 0.05) is 26.2 Å². The summed E-state index contributed by atoms with van der Waals surface area (Å²) in [5.41, 5.74) is 0.465. The van der Waals surface area contributed by atoms with Crippen molar-refractivity contribution in [2.45, 2.75) is 0 Å². The molecule has 0 bridgehead atoms. The van der Waals surface area contributed by atoms with Crippen LogP contribution in [0.3, 0.4) is 0 Å². The molecule has 1 saturated heterocycles. The fourth-order valence-electron chi connectivity index (χ4n) is 1.53. The van der Waals surface area contributed by atoms with E-state index in [0.29, 0.717) is 36.5 Å². The van der Waals surface area contributed by atoms with Crippen molar-refractivity contribution in [3.05, 3.63) is 22.9 Å². The molecule has 17 heavy (non-hydrogen) atoms. The van der Waals surface area contributed by atoms with Crippen LogP contribution in [-0.4, -0.2) is 43.9 Å². The van der Waals surface area contributed by atoms with Gasteiger partial charge in [-0.1, -0.05) is 0 Å². The van der Waals surface area contributed by atoms with Gasteiger partial charge in [-0.05, 0) is 28.1 Å². The molecule has 0 aliphatic carbocycles. The minimum Gasteiger partial charge on any atom is -0.314 e. The first-order chi connectivity index (χ1) is 8.08. The molecule has 1 aliphatic heterocycles. The number of pyridine rings is 1. The lowest BCUT2D eigenvalue weighted by molar-refractivity contribution is 0.362. The molecule has 1 aliphatic rings. The molecule has 0 aromatic carbocycles. The van der Waals surface area contributed by atoms with Crippen LogP contribution in [0.4, 0.5) is 5.69 Å². The summed E-state index contributed by atoms with van der Waals surface area (Å²) in [7, 11) is -3.46. The average molecular weight is 321 g/mol. The Morgan fingerprint density at radius 2 is 2.06 bits per heavy atom. The highest BCUT2D eigenvalue weighted by molar-refractivity contribution is 9.10. The highest BCUT2D eigenvalue weighted by Gasteiger charge is 2.23. The molecule has 0 amide bonds. The summed E-state index contributed by atoms with van der Waals surface area (Å²) in [6, 6.07) is 3.35. The van der Waals surface area contributed by atoms with Crippen molar-refractivity contribution in [3.8, 4) is 0 Å². The molecule has 0 spiro atoms. The van der Waals surface area contributed by atoms with Crippen molar-refractivity contribution in [1.82, 2.24) is 14.6 Å². The first kappa shape index (κ1) is 12.7. The van der Waals surface area contributed by atoms with Crippen LogP contribution in [0.5, 0.6) is 0 Å². The molecule has 8 heteroatoms. The van der Waals surface area contributed by atoms with E-state index in [4.69, 9.17) is 0 Å². The highest BCUT2D eigenvalue weighted by Crippen LogP contribution is 2.13. The number of rotatable bonds is 3. The van der Waals surface area contributed by atoms with Gasteiger partial charge in [0.2, 0.25) is 0 Å². The summed E-state index contributed by atoms with van der Waals surface area (Å²) < 4.78 is 28.6. The predicted molar refractivity (Wildman–Crippen MR) is 68.9 cm³/mol. The van der Waals surface area contributed by atoms with E-state index in [9.17, 15) is 8.42 Å². The van der Waals surface area contributed by atoms with E-state index in [2.05, 4.69) is 31.0 Å². The molecule has 1 aromatic heterocycles. The van der Waals surface area contributed by atoms with E-state index in [-0.39, 0.29) is 0 Å². The number of piperazine rings is 1. The number of aromatic nitrogens is 1. The van der Waals surface area contributed by atoms with E-state index in [0.717, 1.165) is 0 Å². The van der Waals surface area contributed by atoms with E-state index in [1.165, 1.54) is 10.5 Å². The fraction of sp³-hybridized carbons (Fsp3) is 0.444. The molecule has 2 heterocycles. The zero-order valence-corrected chi connectivity index (χ0v) is 11.5. The van der Waals surface area contributed by atoms with Crippen molar-refractivity contribution in [2.75, 3.05) is 30.9 Å². The Labute approximate surface area is 109 Å². The first-order valence-corrected chi connectivity index (χ1v) is 7.41. The second kappa shape index (κ2) is 5.30. The van der Waals surface area contributed by atoms with E-state index < -0.39 is 10.2 Å². The van der Waals surface area contributed by atoms with Gasteiger partial charge in [-0.2, -0.15) is 12.7 Å². The number of nitrogens with one attached hydrogen (secondary N) is 2. The molecular formula is C9H13BrN4O2S. The molecule has 94 valence electrons. The number of nitrogens with zero attached hydrogens (tertiary/aromatic N) is 2. The van der Waals surface area contributed by atoms with E-state index >= 15 is 0 Å². The van der Waals surface area contributed by atoms with Crippen LogP contribution < -0.4 is 10.0 Å². The molecule has 2 rings (SSSR count). The standard InChI is InChI=1S/C9H13BrN4O2S/c10-9-2-1-8(7-12-9)13-17(15,16)14-5-3-11-4-6-14/h1-2,7,11,13H,3-6H2. The topological polar surface area (TPSA) is 74.3 Å². The molecule has 6 nitrogen and oxygen atoms in total. The molecule has 1 fully saturated rings. The third-order valence-corrected chi connectivity index (χ3v) is 4.40. The summed E-state index contributed by atoms with van der Waals surface area (Å²) in [6.07, 6.45) is 1.48. The Morgan fingerprint density at radius 3 is 2.65 bits per heavy atom. The number of anilines is 1. The van der Waals surface area contributed by atoms with Crippen LogP contribution in [0.15, 0.2) is 22.9 Å². The van der Waals surface area contributed by atoms with Crippen molar-refractivity contribution in [3.63, 3.8) is 0 Å². The number of hydrogen-bond acceptors (Lipinski definition) is 4. The lowest BCUT2D eigenvalue weighted by Crippen LogP contribution is -2.48. The molecule has 0 radical (unpaired) electrons. The Balaban J connectivity index is 2.08. The Bertz CT molecular complexity index is 470. The van der Waals surface area contributed by atoms with Crippen molar-refractivity contribution < 1.29 is 8.42 Å². The summed E-state index contributed by atoms with van der Waals surface area (Å²) in [6.45, 7) is 2.33. The monoisotopic (exact) mass is 320 g/mol. The molecule has 0 unspecified atom stereocenters. The third-order valence-electron chi connectivity index (χ3n) is 2.39. The normalized spacial score (nSPS) is 17.9. The predicted octanol–water partition coefficient (Wildman–Crippen LogP) is 0.406. The minimum absolute atomic E-state index is 0.465. The van der Waals surface area contributed by atoms with Gasteiger partial charge in [0.1, 0.15) is 4.60 Å². The van der Waals surface area contributed by atoms with Crippen molar-refractivity contribution in [2.24, 2.45) is 0 Å². The second-order valence-electron chi connectivity index (χ2n) is 3.63. The van der Waals surface area contributed by atoms with Crippen LogP contribution in [0.2, 0.25) is 0 Å². The van der Waals surface area contributed by atoms with Gasteiger partial charge >= 0.3 is 10.2 Å². The summed E-state index contributed by atoms with van der Waals surface area (Å²) >= 11 is 3.19. The molecule has 0 atom stereocenters. The Hall–Kier alpha value is -0.700. The van der Waals surface area contributed by atoms with Gasteiger partial charge in [-0.15, -0.1) is 0 Å². The van der Waals surface area contributed by atoms with E-state index in [1.807, 2.05) is 0 Å². The van der Waals surface area contributed by atoms with Crippen LogP contribution in [0.1, 0.15) is 0 Å². The zero-order valence-electron chi connectivity index (χ0n) is 9.06. The number of hydrogen-bond donors (Lipinski definition) is 2. The summed E-state index contributed by atoms with van der Waals surface area (Å²) in [5, 5.41) is 3.11. The summed E-state index contributed by atoms with van der Waals surface area (Å²) in [4.78, 5) is 3.97. The molecule has 2 N–H and O–H groups in total. The maximum absolute atomic E-state index is 12.0. The maximum Gasteiger partial charge on any atom is 0.301 e. The highest BCUT2D eigenvalue weighted by atomic mass is 79.9. The smallest absolute Gasteiger partial charge is 0.301 e.